The summed E-state index contributed by atoms with van der Waals surface area (Å²) in [5, 5.41) is 9.07. The van der Waals surface area contributed by atoms with Crippen molar-refractivity contribution in [2.24, 2.45) is 5.92 Å². The van der Waals surface area contributed by atoms with Crippen LogP contribution in [0.4, 0.5) is 5.69 Å². The van der Waals surface area contributed by atoms with Crippen LogP contribution in [0.3, 0.4) is 0 Å². The Morgan fingerprint density at radius 2 is 1.82 bits per heavy atom. The van der Waals surface area contributed by atoms with Crippen molar-refractivity contribution in [3.05, 3.63) is 76.7 Å². The van der Waals surface area contributed by atoms with Gasteiger partial charge in [-0.2, -0.15) is 0 Å². The molecule has 1 amide bonds. The molecule has 28 heavy (non-hydrogen) atoms. The number of anilines is 1. The number of hydrogen-bond donors (Lipinski definition) is 3. The standard InChI is InChI=1S/C22H22N4O2/c1-14(2)13-26-12-11-16-17(9-6-10-18(16)26)21(27)23-20-19(24-25-22(20)28)15-7-4-3-5-8-15/h3-12,14H,13H2,1-2H3,(H,23,27)(H2,24,25,28). The number of hydrogen-bond acceptors (Lipinski definition) is 2. The van der Waals surface area contributed by atoms with Crippen molar-refractivity contribution in [1.29, 1.82) is 0 Å². The minimum absolute atomic E-state index is 0.217. The number of aromatic nitrogens is 3. The first-order chi connectivity index (χ1) is 13.5. The summed E-state index contributed by atoms with van der Waals surface area (Å²) >= 11 is 0. The Hall–Kier alpha value is -3.54. The average Bonchev–Trinajstić information content (AvgIpc) is 3.26. The maximum absolute atomic E-state index is 13.0. The van der Waals surface area contributed by atoms with Crippen LogP contribution >= 0.6 is 0 Å². The number of rotatable bonds is 5. The van der Waals surface area contributed by atoms with E-state index in [1.54, 1.807) is 6.07 Å². The van der Waals surface area contributed by atoms with Gasteiger partial charge in [-0.25, -0.2) is 0 Å². The van der Waals surface area contributed by atoms with Crippen LogP contribution in [-0.4, -0.2) is 20.7 Å². The normalized spacial score (nSPS) is 11.2. The molecule has 0 atom stereocenters. The lowest BCUT2D eigenvalue weighted by atomic mass is 10.1. The fourth-order valence-corrected chi connectivity index (χ4v) is 3.45. The maximum Gasteiger partial charge on any atom is 0.288 e. The molecule has 4 rings (SSSR count). The number of nitrogens with one attached hydrogen (secondary N) is 3. The molecule has 0 aliphatic heterocycles. The van der Waals surface area contributed by atoms with Gasteiger partial charge >= 0.3 is 0 Å². The monoisotopic (exact) mass is 374 g/mol. The number of carbonyl (C=O) groups excluding carboxylic acids is 1. The molecule has 0 radical (unpaired) electrons. The summed E-state index contributed by atoms with van der Waals surface area (Å²) in [6, 6.07) is 17.0. The topological polar surface area (TPSA) is 82.7 Å². The Balaban J connectivity index is 1.70. The van der Waals surface area contributed by atoms with E-state index in [1.807, 2.05) is 54.7 Å². The molecule has 0 bridgehead atoms. The van der Waals surface area contributed by atoms with Crippen LogP contribution in [-0.2, 0) is 6.54 Å². The van der Waals surface area contributed by atoms with Crippen LogP contribution in [0.25, 0.3) is 22.2 Å². The SMILES string of the molecule is CC(C)Cn1ccc2c(C(=O)Nc3c(-c4ccccc4)[nH][nH]c3=O)cccc21. The number of aromatic amines is 2. The molecule has 2 aromatic carbocycles. The first kappa shape index (κ1) is 17.9. The molecule has 0 aliphatic carbocycles. The van der Waals surface area contributed by atoms with Crippen LogP contribution in [0.15, 0.2) is 65.6 Å². The van der Waals surface area contributed by atoms with Crippen LogP contribution < -0.4 is 10.9 Å². The zero-order valence-corrected chi connectivity index (χ0v) is 15.8. The fraction of sp³-hybridized carbons (Fsp3) is 0.182. The van der Waals surface area contributed by atoms with Gasteiger partial charge in [0.1, 0.15) is 5.69 Å². The average molecular weight is 374 g/mol. The molecule has 0 spiro atoms. The molecule has 0 fully saturated rings. The maximum atomic E-state index is 13.0. The van der Waals surface area contributed by atoms with Gasteiger partial charge < -0.3 is 9.88 Å². The van der Waals surface area contributed by atoms with Crippen LogP contribution in [0, 0.1) is 5.92 Å². The molecule has 0 saturated heterocycles. The van der Waals surface area contributed by atoms with Crippen molar-refractivity contribution < 1.29 is 4.79 Å². The van der Waals surface area contributed by atoms with Gasteiger partial charge in [0.2, 0.25) is 0 Å². The summed E-state index contributed by atoms with van der Waals surface area (Å²) in [7, 11) is 0. The second-order valence-electron chi connectivity index (χ2n) is 7.25. The van der Waals surface area contributed by atoms with E-state index in [9.17, 15) is 9.59 Å². The van der Waals surface area contributed by atoms with Gasteiger partial charge in [-0.15, -0.1) is 0 Å². The molecule has 0 aliphatic rings. The highest BCUT2D eigenvalue weighted by atomic mass is 16.2. The number of H-pyrrole nitrogens is 2. The summed E-state index contributed by atoms with van der Waals surface area (Å²) in [5.41, 5.74) is 2.78. The van der Waals surface area contributed by atoms with E-state index in [-0.39, 0.29) is 17.2 Å². The van der Waals surface area contributed by atoms with Crippen LogP contribution in [0.5, 0.6) is 0 Å². The summed E-state index contributed by atoms with van der Waals surface area (Å²) in [6.45, 7) is 5.20. The minimum Gasteiger partial charge on any atom is -0.347 e. The lowest BCUT2D eigenvalue weighted by Gasteiger charge is -2.10. The van der Waals surface area contributed by atoms with Crippen molar-refractivity contribution in [1.82, 2.24) is 14.8 Å². The third-order valence-electron chi connectivity index (χ3n) is 4.70. The van der Waals surface area contributed by atoms with Gasteiger partial charge in [-0.1, -0.05) is 50.2 Å². The highest BCUT2D eigenvalue weighted by molar-refractivity contribution is 6.13. The first-order valence-electron chi connectivity index (χ1n) is 9.30. The lowest BCUT2D eigenvalue weighted by Crippen LogP contribution is -2.17. The van der Waals surface area contributed by atoms with Crippen molar-refractivity contribution in [2.45, 2.75) is 20.4 Å². The number of nitrogens with zero attached hydrogens (tertiary/aromatic N) is 1. The third-order valence-corrected chi connectivity index (χ3v) is 4.70. The minimum atomic E-state index is -0.364. The van der Waals surface area contributed by atoms with E-state index in [0.29, 0.717) is 17.2 Å². The molecule has 0 unspecified atom stereocenters. The Morgan fingerprint density at radius 3 is 2.57 bits per heavy atom. The molecule has 6 heteroatoms. The highest BCUT2D eigenvalue weighted by Crippen LogP contribution is 2.25. The van der Waals surface area contributed by atoms with Crippen LogP contribution in [0.2, 0.25) is 0 Å². The molecule has 2 aromatic heterocycles. The molecule has 3 N–H and O–H groups in total. The van der Waals surface area contributed by atoms with Gasteiger partial charge in [0, 0.05) is 34.8 Å². The van der Waals surface area contributed by atoms with E-state index in [2.05, 4.69) is 33.9 Å². The molecule has 0 saturated carbocycles. The molecule has 2 heterocycles. The summed E-state index contributed by atoms with van der Waals surface area (Å²) in [5.74, 6) is 0.190. The largest absolute Gasteiger partial charge is 0.347 e. The molecule has 142 valence electrons. The van der Waals surface area contributed by atoms with E-state index < -0.39 is 0 Å². The van der Waals surface area contributed by atoms with Gasteiger partial charge in [-0.3, -0.25) is 19.8 Å². The summed E-state index contributed by atoms with van der Waals surface area (Å²) in [6.07, 6.45) is 2.00. The van der Waals surface area contributed by atoms with E-state index in [0.717, 1.165) is 23.0 Å². The summed E-state index contributed by atoms with van der Waals surface area (Å²) in [4.78, 5) is 25.3. The molecular weight excluding hydrogens is 352 g/mol. The molecule has 4 aromatic rings. The predicted octanol–water partition coefficient (Wildman–Crippen LogP) is 4.23. The second-order valence-corrected chi connectivity index (χ2v) is 7.25. The number of benzene rings is 2. The summed E-state index contributed by atoms with van der Waals surface area (Å²) < 4.78 is 2.15. The molecule has 6 nitrogen and oxygen atoms in total. The van der Waals surface area contributed by atoms with Gasteiger partial charge in [0.25, 0.3) is 11.5 Å². The number of carbonyl (C=O) groups is 1. The number of fused-ring (bicyclic) bond motifs is 1. The quantitative estimate of drug-likeness (QED) is 0.488. The van der Waals surface area contributed by atoms with Crippen molar-refractivity contribution in [2.75, 3.05) is 5.32 Å². The van der Waals surface area contributed by atoms with Gasteiger partial charge in [0.05, 0.1) is 5.69 Å². The highest BCUT2D eigenvalue weighted by Gasteiger charge is 2.18. The van der Waals surface area contributed by atoms with E-state index >= 15 is 0 Å². The predicted molar refractivity (Wildman–Crippen MR) is 112 cm³/mol. The van der Waals surface area contributed by atoms with Gasteiger partial charge in [-0.05, 0) is 24.1 Å². The van der Waals surface area contributed by atoms with E-state index in [4.69, 9.17) is 0 Å². The Kier molecular flexibility index (Phi) is 4.61. The van der Waals surface area contributed by atoms with E-state index in [1.165, 1.54) is 0 Å². The number of amides is 1. The second kappa shape index (κ2) is 7.23. The fourth-order valence-electron chi connectivity index (χ4n) is 3.45. The zero-order valence-electron chi connectivity index (χ0n) is 15.8. The zero-order chi connectivity index (χ0) is 19.7. The van der Waals surface area contributed by atoms with Gasteiger partial charge in [0.15, 0.2) is 0 Å². The van der Waals surface area contributed by atoms with Crippen molar-refractivity contribution in [3.63, 3.8) is 0 Å². The Morgan fingerprint density at radius 1 is 1.04 bits per heavy atom. The third kappa shape index (κ3) is 3.24. The van der Waals surface area contributed by atoms with Crippen molar-refractivity contribution in [3.8, 4) is 11.3 Å². The first-order valence-corrected chi connectivity index (χ1v) is 9.30. The lowest BCUT2D eigenvalue weighted by molar-refractivity contribution is 0.102. The van der Waals surface area contributed by atoms with Crippen LogP contribution in [0.1, 0.15) is 24.2 Å². The van der Waals surface area contributed by atoms with Crippen molar-refractivity contribution >= 4 is 22.5 Å². The Labute approximate surface area is 162 Å². The Bertz CT molecular complexity index is 1180. The smallest absolute Gasteiger partial charge is 0.288 e. The molecular formula is C22H22N4O2.